The van der Waals surface area contributed by atoms with Gasteiger partial charge in [0.15, 0.2) is 0 Å². The second kappa shape index (κ2) is 8.17. The van der Waals surface area contributed by atoms with Gasteiger partial charge < -0.3 is 0 Å². The number of fused-ring (bicyclic) bond motifs is 3. The summed E-state index contributed by atoms with van der Waals surface area (Å²) in [7, 11) is 0. The Balaban J connectivity index is 1.53. The van der Waals surface area contributed by atoms with Crippen LogP contribution < -0.4 is 0 Å². The van der Waals surface area contributed by atoms with Gasteiger partial charge in [-0.05, 0) is 95.5 Å². The first-order valence-corrected chi connectivity index (χ1v) is 12.5. The van der Waals surface area contributed by atoms with Crippen LogP contribution in [0.25, 0.3) is 42.4 Å². The van der Waals surface area contributed by atoms with E-state index < -0.39 is 0 Å². The molecule has 1 aliphatic rings. The van der Waals surface area contributed by atoms with E-state index in [9.17, 15) is 0 Å². The summed E-state index contributed by atoms with van der Waals surface area (Å²) in [4.78, 5) is 0. The zero-order valence-electron chi connectivity index (χ0n) is 19.1. The topological polar surface area (TPSA) is 0 Å². The minimum Gasteiger partial charge on any atom is -0.135 e. The molecule has 0 saturated carbocycles. The molecule has 0 radical (unpaired) electrons. The Bertz CT molecular complexity index is 1580. The van der Waals surface area contributed by atoms with Crippen LogP contribution in [0.1, 0.15) is 35.1 Å². The van der Waals surface area contributed by atoms with Crippen molar-refractivity contribution >= 4 is 42.7 Å². The number of thiophene rings is 1. The molecule has 5 aromatic rings. The van der Waals surface area contributed by atoms with Crippen molar-refractivity contribution in [3.63, 3.8) is 0 Å². The zero-order chi connectivity index (χ0) is 22.4. The summed E-state index contributed by atoms with van der Waals surface area (Å²) in [6, 6.07) is 31.5. The van der Waals surface area contributed by atoms with E-state index in [1.54, 1.807) is 0 Å². The third kappa shape index (κ3) is 3.53. The average Bonchev–Trinajstić information content (AvgIpc) is 3.23. The predicted molar refractivity (Wildman–Crippen MR) is 146 cm³/mol. The molecule has 0 N–H and O–H groups in total. The van der Waals surface area contributed by atoms with Gasteiger partial charge in [-0.25, -0.2) is 0 Å². The van der Waals surface area contributed by atoms with E-state index in [1.165, 1.54) is 64.7 Å². The molecular weight excluding hydrogens is 416 g/mol. The summed E-state index contributed by atoms with van der Waals surface area (Å²) in [6.07, 6.45) is 6.83. The number of benzene rings is 4. The molecule has 0 nitrogen and oxygen atoms in total. The molecule has 0 spiro atoms. The SMILES string of the molecule is Cc1ccccc1-c1cc(C2=C(c3ccc4sc5ccccc5c4c3)CCC=C2)ccc1C. The van der Waals surface area contributed by atoms with Gasteiger partial charge in [-0.2, -0.15) is 0 Å². The molecular formula is C32H26S. The van der Waals surface area contributed by atoms with Crippen LogP contribution in [0.5, 0.6) is 0 Å². The highest BCUT2D eigenvalue weighted by molar-refractivity contribution is 7.25. The Morgan fingerprint density at radius 3 is 2.30 bits per heavy atom. The molecule has 0 saturated heterocycles. The van der Waals surface area contributed by atoms with Crippen LogP contribution >= 0.6 is 11.3 Å². The summed E-state index contributed by atoms with van der Waals surface area (Å²) < 4.78 is 2.73. The van der Waals surface area contributed by atoms with Crippen LogP contribution in [0.4, 0.5) is 0 Å². The maximum Gasteiger partial charge on any atom is 0.0355 e. The fourth-order valence-corrected chi connectivity index (χ4v) is 6.19. The Kier molecular flexibility index (Phi) is 5.00. The van der Waals surface area contributed by atoms with Crippen LogP contribution in [0, 0.1) is 13.8 Å². The molecule has 0 amide bonds. The largest absolute Gasteiger partial charge is 0.135 e. The Morgan fingerprint density at radius 1 is 0.636 bits per heavy atom. The van der Waals surface area contributed by atoms with Crippen LogP contribution in [0.2, 0.25) is 0 Å². The highest BCUT2D eigenvalue weighted by atomic mass is 32.1. The molecule has 6 rings (SSSR count). The fourth-order valence-electron chi connectivity index (χ4n) is 5.10. The van der Waals surface area contributed by atoms with Crippen molar-refractivity contribution in [1.82, 2.24) is 0 Å². The van der Waals surface area contributed by atoms with Crippen LogP contribution in [-0.4, -0.2) is 0 Å². The monoisotopic (exact) mass is 442 g/mol. The zero-order valence-corrected chi connectivity index (χ0v) is 19.9. The molecule has 0 unspecified atom stereocenters. The van der Waals surface area contributed by atoms with Crippen molar-refractivity contribution in [2.75, 3.05) is 0 Å². The van der Waals surface area contributed by atoms with E-state index >= 15 is 0 Å². The molecule has 1 heterocycles. The molecule has 4 aromatic carbocycles. The molecule has 1 aromatic heterocycles. The Hall–Kier alpha value is -3.42. The summed E-state index contributed by atoms with van der Waals surface area (Å²) in [5.74, 6) is 0. The average molecular weight is 443 g/mol. The van der Waals surface area contributed by atoms with Gasteiger partial charge in [-0.15, -0.1) is 11.3 Å². The molecule has 0 fully saturated rings. The molecule has 1 aliphatic carbocycles. The van der Waals surface area contributed by atoms with Crippen molar-refractivity contribution < 1.29 is 0 Å². The second-order valence-corrected chi connectivity index (χ2v) is 10.1. The lowest BCUT2D eigenvalue weighted by Crippen LogP contribution is -1.97. The molecule has 160 valence electrons. The van der Waals surface area contributed by atoms with Gasteiger partial charge in [0.05, 0.1) is 0 Å². The number of hydrogen-bond donors (Lipinski definition) is 0. The lowest BCUT2D eigenvalue weighted by Gasteiger charge is -2.19. The highest BCUT2D eigenvalue weighted by Crippen LogP contribution is 2.40. The van der Waals surface area contributed by atoms with Crippen LogP contribution in [0.15, 0.2) is 97.1 Å². The smallest absolute Gasteiger partial charge is 0.0355 e. The van der Waals surface area contributed by atoms with Crippen LogP contribution in [0.3, 0.4) is 0 Å². The van der Waals surface area contributed by atoms with Crippen molar-refractivity contribution in [1.29, 1.82) is 0 Å². The normalized spacial score (nSPS) is 13.9. The number of rotatable bonds is 3. The van der Waals surface area contributed by atoms with Crippen molar-refractivity contribution in [3.05, 3.63) is 119 Å². The first-order chi connectivity index (χ1) is 16.2. The highest BCUT2D eigenvalue weighted by Gasteiger charge is 2.16. The number of hydrogen-bond acceptors (Lipinski definition) is 1. The van der Waals surface area contributed by atoms with E-state index in [2.05, 4.69) is 111 Å². The van der Waals surface area contributed by atoms with Gasteiger partial charge in [-0.1, -0.05) is 72.8 Å². The van der Waals surface area contributed by atoms with Crippen molar-refractivity contribution in [2.45, 2.75) is 26.7 Å². The summed E-state index contributed by atoms with van der Waals surface area (Å²) in [6.45, 7) is 4.42. The van der Waals surface area contributed by atoms with Crippen molar-refractivity contribution in [2.24, 2.45) is 0 Å². The summed E-state index contributed by atoms with van der Waals surface area (Å²) in [5.41, 5.74) is 10.8. The van der Waals surface area contributed by atoms with Gasteiger partial charge in [-0.3, -0.25) is 0 Å². The lowest BCUT2D eigenvalue weighted by molar-refractivity contribution is 1.06. The minimum atomic E-state index is 1.08. The Labute approximate surface area is 199 Å². The van der Waals surface area contributed by atoms with E-state index in [-0.39, 0.29) is 0 Å². The minimum absolute atomic E-state index is 1.08. The second-order valence-electron chi connectivity index (χ2n) is 8.99. The van der Waals surface area contributed by atoms with E-state index in [0.29, 0.717) is 0 Å². The lowest BCUT2D eigenvalue weighted by atomic mass is 9.85. The molecule has 0 bridgehead atoms. The predicted octanol–water partition coefficient (Wildman–Crippen LogP) is 9.60. The maximum atomic E-state index is 2.42. The molecule has 0 atom stereocenters. The first kappa shape index (κ1) is 20.2. The third-order valence-electron chi connectivity index (χ3n) is 6.88. The van der Waals surface area contributed by atoms with Crippen LogP contribution in [-0.2, 0) is 0 Å². The summed E-state index contributed by atoms with van der Waals surface area (Å²) in [5, 5.41) is 2.74. The summed E-state index contributed by atoms with van der Waals surface area (Å²) >= 11 is 1.89. The molecule has 0 aliphatic heterocycles. The van der Waals surface area contributed by atoms with Gasteiger partial charge in [0, 0.05) is 20.2 Å². The van der Waals surface area contributed by atoms with Gasteiger partial charge in [0.25, 0.3) is 0 Å². The molecule has 1 heteroatoms. The first-order valence-electron chi connectivity index (χ1n) is 11.7. The number of aryl methyl sites for hydroxylation is 2. The van der Waals surface area contributed by atoms with E-state index in [0.717, 1.165) is 12.8 Å². The quantitative estimate of drug-likeness (QED) is 0.261. The third-order valence-corrected chi connectivity index (χ3v) is 8.03. The van der Waals surface area contributed by atoms with Crippen molar-refractivity contribution in [3.8, 4) is 11.1 Å². The molecule has 33 heavy (non-hydrogen) atoms. The van der Waals surface area contributed by atoms with Gasteiger partial charge >= 0.3 is 0 Å². The standard InChI is InChI=1S/C32H26S/c1-21-9-3-4-10-25(21)29-19-23(16-15-22(29)2)26-11-5-6-12-27(26)24-17-18-32-30(20-24)28-13-7-8-14-31(28)33-32/h3-5,7-11,13-20H,6,12H2,1-2H3. The fraction of sp³-hybridized carbons (Fsp3) is 0.125. The number of allylic oxidation sites excluding steroid dienone is 4. The van der Waals surface area contributed by atoms with Gasteiger partial charge in [0.1, 0.15) is 0 Å². The van der Waals surface area contributed by atoms with E-state index in [4.69, 9.17) is 0 Å². The van der Waals surface area contributed by atoms with Gasteiger partial charge in [0.2, 0.25) is 0 Å². The van der Waals surface area contributed by atoms with E-state index in [1.807, 2.05) is 11.3 Å². The Morgan fingerprint density at radius 2 is 1.39 bits per heavy atom. The maximum absolute atomic E-state index is 2.42.